The lowest BCUT2D eigenvalue weighted by Gasteiger charge is -2.13. The molecular weight excluding hydrogens is 230 g/mol. The van der Waals surface area contributed by atoms with Crippen LogP contribution in [0.2, 0.25) is 0 Å². The Kier molecular flexibility index (Phi) is 5.24. The van der Waals surface area contributed by atoms with Crippen LogP contribution in [0.15, 0.2) is 24.3 Å². The summed E-state index contributed by atoms with van der Waals surface area (Å²) >= 11 is 0. The van der Waals surface area contributed by atoms with Gasteiger partial charge in [-0.3, -0.25) is 4.79 Å². The van der Waals surface area contributed by atoms with Crippen LogP contribution in [0.1, 0.15) is 12.5 Å². The molecule has 98 valence electrons. The first-order valence-electron chi connectivity index (χ1n) is 5.72. The summed E-state index contributed by atoms with van der Waals surface area (Å²) in [4.78, 5) is 12.9. The molecule has 0 N–H and O–H groups in total. The van der Waals surface area contributed by atoms with Crippen molar-refractivity contribution in [3.8, 4) is 11.5 Å². The Morgan fingerprint density at radius 3 is 2.61 bits per heavy atom. The summed E-state index contributed by atoms with van der Waals surface area (Å²) in [7, 11) is 4.96. The van der Waals surface area contributed by atoms with E-state index in [9.17, 15) is 4.79 Å². The number of methoxy groups -OCH3 is 1. The maximum atomic E-state index is 11.4. The lowest BCUT2D eigenvalue weighted by Crippen LogP contribution is -2.27. The number of rotatable bonds is 5. The van der Waals surface area contributed by atoms with E-state index in [4.69, 9.17) is 9.47 Å². The Balaban J connectivity index is 2.79. The molecule has 0 aliphatic carbocycles. The standard InChI is InChI=1S/C14H19NO3/c1-5-6-11-7-8-12(13(9-11)17-4)18-10-14(16)15(2)3/h5-9H,10H2,1-4H3/b6-5+. The third-order valence-electron chi connectivity index (χ3n) is 2.40. The van der Waals surface area contributed by atoms with Crippen LogP contribution in [0.4, 0.5) is 0 Å². The summed E-state index contributed by atoms with van der Waals surface area (Å²) in [6.07, 6.45) is 3.92. The summed E-state index contributed by atoms with van der Waals surface area (Å²) in [5.41, 5.74) is 1.03. The molecule has 1 aromatic rings. The number of likely N-dealkylation sites (N-methyl/N-ethyl adjacent to an activating group) is 1. The third-order valence-corrected chi connectivity index (χ3v) is 2.40. The molecule has 1 rings (SSSR count). The maximum absolute atomic E-state index is 11.4. The molecule has 0 unspecified atom stereocenters. The molecule has 18 heavy (non-hydrogen) atoms. The predicted octanol–water partition coefficient (Wildman–Crippen LogP) is 2.20. The Hall–Kier alpha value is -1.97. The SMILES string of the molecule is C/C=C/c1ccc(OCC(=O)N(C)C)c(OC)c1. The third kappa shape index (κ3) is 3.80. The van der Waals surface area contributed by atoms with Gasteiger partial charge in [-0.25, -0.2) is 0 Å². The van der Waals surface area contributed by atoms with Crippen LogP contribution in [0.25, 0.3) is 6.08 Å². The number of hydrogen-bond donors (Lipinski definition) is 0. The van der Waals surface area contributed by atoms with Gasteiger partial charge in [-0.05, 0) is 24.6 Å². The highest BCUT2D eigenvalue weighted by atomic mass is 16.5. The largest absolute Gasteiger partial charge is 0.493 e. The fourth-order valence-corrected chi connectivity index (χ4v) is 1.37. The lowest BCUT2D eigenvalue weighted by atomic mass is 10.2. The van der Waals surface area contributed by atoms with Gasteiger partial charge in [0, 0.05) is 14.1 Å². The van der Waals surface area contributed by atoms with E-state index in [2.05, 4.69) is 0 Å². The Morgan fingerprint density at radius 1 is 1.33 bits per heavy atom. The molecule has 0 bridgehead atoms. The first-order valence-corrected chi connectivity index (χ1v) is 5.72. The second-order valence-electron chi connectivity index (χ2n) is 3.99. The molecule has 0 aliphatic heterocycles. The quantitative estimate of drug-likeness (QED) is 0.803. The first kappa shape index (κ1) is 14.1. The molecule has 0 aromatic heterocycles. The van der Waals surface area contributed by atoms with E-state index < -0.39 is 0 Å². The van der Waals surface area contributed by atoms with Gasteiger partial charge in [-0.2, -0.15) is 0 Å². The minimum atomic E-state index is -0.0883. The molecule has 4 heteroatoms. The van der Waals surface area contributed by atoms with Crippen molar-refractivity contribution >= 4 is 12.0 Å². The smallest absolute Gasteiger partial charge is 0.259 e. The zero-order chi connectivity index (χ0) is 13.5. The Bertz CT molecular complexity index is 439. The first-order chi connectivity index (χ1) is 8.58. The van der Waals surface area contributed by atoms with Gasteiger partial charge in [-0.1, -0.05) is 18.2 Å². The molecule has 0 heterocycles. The van der Waals surface area contributed by atoms with Crippen LogP contribution in [-0.4, -0.2) is 38.6 Å². The molecule has 4 nitrogen and oxygen atoms in total. The van der Waals surface area contributed by atoms with Crippen molar-refractivity contribution in [2.75, 3.05) is 27.8 Å². The molecule has 0 saturated carbocycles. The highest BCUT2D eigenvalue weighted by Gasteiger charge is 2.09. The molecule has 0 fully saturated rings. The van der Waals surface area contributed by atoms with E-state index in [0.29, 0.717) is 11.5 Å². The van der Waals surface area contributed by atoms with Gasteiger partial charge in [0.05, 0.1) is 7.11 Å². The van der Waals surface area contributed by atoms with Crippen LogP contribution >= 0.6 is 0 Å². The van der Waals surface area contributed by atoms with Crippen LogP contribution < -0.4 is 9.47 Å². The highest BCUT2D eigenvalue weighted by Crippen LogP contribution is 2.28. The normalized spacial score (nSPS) is 10.4. The van der Waals surface area contributed by atoms with Gasteiger partial charge in [0.15, 0.2) is 18.1 Å². The average molecular weight is 249 g/mol. The van der Waals surface area contributed by atoms with E-state index in [-0.39, 0.29) is 12.5 Å². The predicted molar refractivity (Wildman–Crippen MR) is 71.9 cm³/mol. The second-order valence-corrected chi connectivity index (χ2v) is 3.99. The molecule has 0 saturated heterocycles. The van der Waals surface area contributed by atoms with E-state index in [1.807, 2.05) is 31.2 Å². The number of allylic oxidation sites excluding steroid dienone is 1. The fourth-order valence-electron chi connectivity index (χ4n) is 1.37. The van der Waals surface area contributed by atoms with E-state index in [1.165, 1.54) is 4.90 Å². The number of nitrogens with zero attached hydrogens (tertiary/aromatic N) is 1. The number of hydrogen-bond acceptors (Lipinski definition) is 3. The molecule has 1 amide bonds. The monoisotopic (exact) mass is 249 g/mol. The molecule has 0 atom stereocenters. The minimum absolute atomic E-state index is 0.00627. The van der Waals surface area contributed by atoms with Gasteiger partial charge in [-0.15, -0.1) is 0 Å². The Morgan fingerprint density at radius 2 is 2.06 bits per heavy atom. The van der Waals surface area contributed by atoms with Gasteiger partial charge in [0.2, 0.25) is 0 Å². The molecular formula is C14H19NO3. The van der Waals surface area contributed by atoms with Crippen LogP contribution in [0, 0.1) is 0 Å². The summed E-state index contributed by atoms with van der Waals surface area (Å²) in [5.74, 6) is 1.10. The summed E-state index contributed by atoms with van der Waals surface area (Å²) in [5, 5.41) is 0. The number of ether oxygens (including phenoxy) is 2. The zero-order valence-electron chi connectivity index (χ0n) is 11.3. The molecule has 0 aliphatic rings. The lowest BCUT2D eigenvalue weighted by molar-refractivity contribution is -0.130. The van der Waals surface area contributed by atoms with Gasteiger partial charge in [0.25, 0.3) is 5.91 Å². The summed E-state index contributed by atoms with van der Waals surface area (Å²) in [6.45, 7) is 1.96. The van der Waals surface area contributed by atoms with Crippen molar-refractivity contribution in [1.82, 2.24) is 4.90 Å². The number of carbonyl (C=O) groups excluding carboxylic acids is 1. The van der Waals surface area contributed by atoms with Crippen molar-refractivity contribution in [2.24, 2.45) is 0 Å². The van der Waals surface area contributed by atoms with E-state index >= 15 is 0 Å². The maximum Gasteiger partial charge on any atom is 0.259 e. The second kappa shape index (κ2) is 6.69. The fraction of sp³-hybridized carbons (Fsp3) is 0.357. The summed E-state index contributed by atoms with van der Waals surface area (Å²) < 4.78 is 10.7. The number of carbonyl (C=O) groups is 1. The van der Waals surface area contributed by atoms with Crippen LogP contribution in [-0.2, 0) is 4.79 Å². The van der Waals surface area contributed by atoms with Gasteiger partial charge >= 0.3 is 0 Å². The van der Waals surface area contributed by atoms with Gasteiger partial charge < -0.3 is 14.4 Å². The van der Waals surface area contributed by atoms with Crippen LogP contribution in [0.3, 0.4) is 0 Å². The highest BCUT2D eigenvalue weighted by molar-refractivity contribution is 5.77. The average Bonchev–Trinajstić information content (AvgIpc) is 2.36. The van der Waals surface area contributed by atoms with Gasteiger partial charge in [0.1, 0.15) is 0 Å². The van der Waals surface area contributed by atoms with E-state index in [0.717, 1.165) is 5.56 Å². The number of benzene rings is 1. The molecule has 0 spiro atoms. The zero-order valence-corrected chi connectivity index (χ0v) is 11.3. The van der Waals surface area contributed by atoms with Crippen molar-refractivity contribution in [2.45, 2.75) is 6.92 Å². The molecule has 1 aromatic carbocycles. The topological polar surface area (TPSA) is 38.8 Å². The van der Waals surface area contributed by atoms with E-state index in [1.54, 1.807) is 27.3 Å². The summed E-state index contributed by atoms with van der Waals surface area (Å²) in [6, 6.07) is 5.59. The number of amides is 1. The minimum Gasteiger partial charge on any atom is -0.493 e. The van der Waals surface area contributed by atoms with Crippen molar-refractivity contribution in [3.63, 3.8) is 0 Å². The van der Waals surface area contributed by atoms with Crippen molar-refractivity contribution in [3.05, 3.63) is 29.8 Å². The van der Waals surface area contributed by atoms with Crippen molar-refractivity contribution < 1.29 is 14.3 Å². The van der Waals surface area contributed by atoms with Crippen LogP contribution in [0.5, 0.6) is 11.5 Å². The molecule has 0 radical (unpaired) electrons. The van der Waals surface area contributed by atoms with Crippen molar-refractivity contribution in [1.29, 1.82) is 0 Å². The Labute approximate surface area is 108 Å².